The normalized spacial score (nSPS) is 12.2. The summed E-state index contributed by atoms with van der Waals surface area (Å²) < 4.78 is 8.16. The number of rotatable bonds is 5. The molecule has 0 amide bonds. The van der Waals surface area contributed by atoms with E-state index in [9.17, 15) is 4.79 Å². The van der Waals surface area contributed by atoms with Crippen LogP contribution in [-0.4, -0.2) is 29.4 Å². The molecule has 0 spiro atoms. The molecule has 0 bridgehead atoms. The summed E-state index contributed by atoms with van der Waals surface area (Å²) in [5, 5.41) is 7.01. The molecule has 0 radical (unpaired) electrons. The van der Waals surface area contributed by atoms with E-state index in [0.717, 1.165) is 6.04 Å². The minimum atomic E-state index is -1.11. The number of aromatic nitrogens is 3. The lowest BCUT2D eigenvalue weighted by atomic mass is 10.4. The van der Waals surface area contributed by atoms with E-state index in [1.165, 1.54) is 0 Å². The molecule has 2 aromatic heterocycles. The predicted molar refractivity (Wildman–Crippen MR) is 87.2 cm³/mol. The minimum absolute atomic E-state index is 0.297. The van der Waals surface area contributed by atoms with Crippen molar-refractivity contribution in [3.05, 3.63) is 26.2 Å². The highest BCUT2D eigenvalue weighted by Crippen LogP contribution is 2.31. The number of nitrogens with zero attached hydrogens (tertiary/aromatic N) is 2. The van der Waals surface area contributed by atoms with E-state index in [2.05, 4.69) is 45.8 Å². The zero-order valence-electron chi connectivity index (χ0n) is 11.7. The van der Waals surface area contributed by atoms with Crippen molar-refractivity contribution < 1.29 is 4.74 Å². The van der Waals surface area contributed by atoms with Crippen molar-refractivity contribution in [1.82, 2.24) is 14.8 Å². The largest absolute Gasteiger partial charge is 0.361 e. The topological polar surface area (TPSA) is 59.9 Å². The molecule has 0 aliphatic rings. The summed E-state index contributed by atoms with van der Waals surface area (Å²) >= 11 is 9.57. The highest BCUT2D eigenvalue weighted by atomic mass is 79.9. The van der Waals surface area contributed by atoms with Gasteiger partial charge in [-0.3, -0.25) is 4.79 Å². The van der Waals surface area contributed by atoms with E-state index in [1.807, 2.05) is 4.57 Å². The molecule has 0 saturated carbocycles. The molecule has 0 atom stereocenters. The number of ether oxygens (including phenoxy) is 1. The number of hydrogen-bond donors (Lipinski definition) is 1. The van der Waals surface area contributed by atoms with Gasteiger partial charge < -0.3 is 9.30 Å². The molecule has 0 aliphatic carbocycles. The van der Waals surface area contributed by atoms with Crippen molar-refractivity contribution in [2.45, 2.75) is 32.4 Å². The second-order valence-electron chi connectivity index (χ2n) is 5.84. The maximum Gasteiger partial charge on any atom is 0.275 e. The van der Waals surface area contributed by atoms with Gasteiger partial charge in [0.25, 0.3) is 5.56 Å². The molecule has 0 aliphatic heterocycles. The van der Waals surface area contributed by atoms with E-state index >= 15 is 0 Å². The van der Waals surface area contributed by atoms with Crippen LogP contribution in [0.1, 0.15) is 0 Å². The molecule has 0 saturated heterocycles. The van der Waals surface area contributed by atoms with E-state index in [-0.39, 0.29) is 5.56 Å². The Bertz CT molecular complexity index is 678. The number of hydrogen-bond acceptors (Lipinski definition) is 3. The molecule has 20 heavy (non-hydrogen) atoms. The van der Waals surface area contributed by atoms with Crippen LogP contribution in [-0.2, 0) is 11.5 Å². The Kier molecular flexibility index (Phi) is 4.73. The molecule has 2 aromatic rings. The monoisotopic (exact) mass is 377 g/mol. The summed E-state index contributed by atoms with van der Waals surface area (Å²) in [5.41, 5.74) is 0.368. The van der Waals surface area contributed by atoms with Gasteiger partial charge in [-0.1, -0.05) is 31.2 Å². The third kappa shape index (κ3) is 3.33. The summed E-state index contributed by atoms with van der Waals surface area (Å²) in [4.78, 5) is 11.8. The average Bonchev–Trinajstić information content (AvgIpc) is 2.59. The van der Waals surface area contributed by atoms with E-state index in [0.29, 0.717) is 33.9 Å². The molecule has 0 aromatic carbocycles. The Balaban J connectivity index is 2.21. The molecular weight excluding hydrogens is 362 g/mol. The fraction of sp³-hybridized carbons (Fsp3) is 0.500. The van der Waals surface area contributed by atoms with Gasteiger partial charge in [0.2, 0.25) is 0 Å². The Hall–Kier alpha value is -0.633. The lowest BCUT2D eigenvalue weighted by Crippen LogP contribution is -2.22. The van der Waals surface area contributed by atoms with Gasteiger partial charge in [0.1, 0.15) is 11.3 Å². The first-order chi connectivity index (χ1) is 9.31. The second kappa shape index (κ2) is 6.01. The van der Waals surface area contributed by atoms with Gasteiger partial charge in [-0.05, 0) is 22.0 Å². The predicted octanol–water partition coefficient (Wildman–Crippen LogP) is 3.45. The average molecular weight is 379 g/mol. The van der Waals surface area contributed by atoms with Crippen LogP contribution in [0, 0.1) is 0 Å². The van der Waals surface area contributed by atoms with Crippen molar-refractivity contribution in [3.8, 4) is 0 Å². The third-order valence-electron chi connectivity index (χ3n) is 2.98. The zero-order valence-corrected chi connectivity index (χ0v) is 15.0. The van der Waals surface area contributed by atoms with Crippen LogP contribution in [0.15, 0.2) is 15.6 Å². The van der Waals surface area contributed by atoms with E-state index in [1.54, 1.807) is 6.20 Å². The van der Waals surface area contributed by atoms with Crippen LogP contribution in [0.25, 0.3) is 10.9 Å². The molecule has 0 unspecified atom stereocenters. The molecule has 110 valence electrons. The number of fused-ring (bicyclic) bond motifs is 1. The first kappa shape index (κ1) is 15.8. The van der Waals surface area contributed by atoms with Crippen LogP contribution in [0.3, 0.4) is 0 Å². The van der Waals surface area contributed by atoms with Crippen LogP contribution < -0.4 is 5.56 Å². The summed E-state index contributed by atoms with van der Waals surface area (Å²) in [6.07, 6.45) is 1.58. The molecular formula is C12H17BrClN3O2Si. The van der Waals surface area contributed by atoms with Crippen molar-refractivity contribution >= 4 is 46.5 Å². The number of halogens is 2. The van der Waals surface area contributed by atoms with Gasteiger partial charge in [0, 0.05) is 14.7 Å². The van der Waals surface area contributed by atoms with Gasteiger partial charge in [0.05, 0.1) is 22.1 Å². The smallest absolute Gasteiger partial charge is 0.275 e. The van der Waals surface area contributed by atoms with Gasteiger partial charge in [-0.15, -0.1) is 0 Å². The number of H-pyrrole nitrogens is 1. The SMILES string of the molecule is C[Si](C)(C)CCOCn1c(Br)c(Cl)c2c(=O)[nH]ncc21. The molecule has 5 nitrogen and oxygen atoms in total. The number of aromatic amines is 1. The second-order valence-corrected chi connectivity index (χ2v) is 12.6. The maximum absolute atomic E-state index is 11.8. The summed E-state index contributed by atoms with van der Waals surface area (Å²) in [6, 6.07) is 1.09. The fourth-order valence-electron chi connectivity index (χ4n) is 1.79. The van der Waals surface area contributed by atoms with Crippen molar-refractivity contribution in [2.24, 2.45) is 0 Å². The summed E-state index contributed by atoms with van der Waals surface area (Å²) in [7, 11) is -1.11. The first-order valence-corrected chi connectivity index (χ1v) is 11.2. The maximum atomic E-state index is 11.8. The first-order valence-electron chi connectivity index (χ1n) is 6.30. The van der Waals surface area contributed by atoms with Crippen LogP contribution in [0.5, 0.6) is 0 Å². The standard InChI is InChI=1S/C12H17BrClN3O2Si/c1-20(2,3)5-4-19-7-17-8-6-15-16-12(18)9(8)10(14)11(17)13/h6H,4-5,7H2,1-3H3,(H,16,18). The lowest BCUT2D eigenvalue weighted by molar-refractivity contribution is 0.0888. The van der Waals surface area contributed by atoms with E-state index in [4.69, 9.17) is 16.3 Å². The molecule has 2 rings (SSSR count). The summed E-state index contributed by atoms with van der Waals surface area (Å²) in [5.74, 6) is 0. The van der Waals surface area contributed by atoms with Crippen LogP contribution in [0.2, 0.25) is 30.7 Å². The quantitative estimate of drug-likeness (QED) is 0.640. The number of nitrogens with one attached hydrogen (secondary N) is 1. The van der Waals surface area contributed by atoms with Crippen LogP contribution >= 0.6 is 27.5 Å². The Morgan fingerprint density at radius 3 is 2.85 bits per heavy atom. The highest BCUT2D eigenvalue weighted by molar-refractivity contribution is 9.10. The van der Waals surface area contributed by atoms with Gasteiger partial charge in [-0.25, -0.2) is 5.10 Å². The van der Waals surface area contributed by atoms with Gasteiger partial charge >= 0.3 is 0 Å². The molecule has 8 heteroatoms. The Morgan fingerprint density at radius 1 is 1.50 bits per heavy atom. The Morgan fingerprint density at radius 2 is 2.20 bits per heavy atom. The van der Waals surface area contributed by atoms with E-state index < -0.39 is 8.07 Å². The molecule has 0 fully saturated rings. The fourth-order valence-corrected chi connectivity index (χ4v) is 3.33. The minimum Gasteiger partial charge on any atom is -0.361 e. The third-order valence-corrected chi connectivity index (χ3v) is 6.11. The molecule has 1 N–H and O–H groups in total. The van der Waals surface area contributed by atoms with Gasteiger partial charge in [-0.2, -0.15) is 5.10 Å². The lowest BCUT2D eigenvalue weighted by Gasteiger charge is -2.16. The van der Waals surface area contributed by atoms with Crippen molar-refractivity contribution in [2.75, 3.05) is 6.61 Å². The zero-order chi connectivity index (χ0) is 14.9. The summed E-state index contributed by atoms with van der Waals surface area (Å²) in [6.45, 7) is 7.96. The van der Waals surface area contributed by atoms with Crippen molar-refractivity contribution in [3.63, 3.8) is 0 Å². The van der Waals surface area contributed by atoms with Crippen molar-refractivity contribution in [1.29, 1.82) is 0 Å². The van der Waals surface area contributed by atoms with Gasteiger partial charge in [0.15, 0.2) is 0 Å². The highest BCUT2D eigenvalue weighted by Gasteiger charge is 2.17. The van der Waals surface area contributed by atoms with Crippen LogP contribution in [0.4, 0.5) is 0 Å². The Labute approximate surface area is 131 Å². The molecule has 2 heterocycles.